The van der Waals surface area contributed by atoms with Crippen molar-refractivity contribution in [1.29, 1.82) is 0 Å². The van der Waals surface area contributed by atoms with Gasteiger partial charge in [-0.05, 0) is 10.9 Å². The molecule has 0 amide bonds. The molecule has 0 spiro atoms. The minimum atomic E-state index is -2.36. The molecule has 0 bridgehead atoms. The van der Waals surface area contributed by atoms with Crippen molar-refractivity contribution >= 4 is 10.9 Å². The Morgan fingerprint density at radius 3 is 1.40 bits per heavy atom. The standard InChI is InChI=1S/Ag.H2NO2S/c;1-4(2)3/h;(H2,1,2,3)/q+1;-1. The second kappa shape index (κ2) is 4.65. The Kier molecular flexibility index (Phi) is 8.53. The van der Waals surface area contributed by atoms with Crippen LogP contribution in [0.25, 0.3) is 0 Å². The molecule has 0 aliphatic rings. The molecule has 0 aromatic carbocycles. The van der Waals surface area contributed by atoms with E-state index >= 15 is 0 Å². The Morgan fingerprint density at radius 1 is 1.40 bits per heavy atom. The van der Waals surface area contributed by atoms with Gasteiger partial charge in [0.2, 0.25) is 0 Å². The quantitative estimate of drug-likeness (QED) is 0.398. The van der Waals surface area contributed by atoms with Crippen LogP contribution in [0.1, 0.15) is 0 Å². The number of hydrogen-bond donors (Lipinski definition) is 1. The second-order valence-corrected chi connectivity index (χ2v) is 0.781. The molecule has 0 radical (unpaired) electrons. The maximum atomic E-state index is 8.78. The molecule has 0 atom stereocenters. The molecule has 0 saturated heterocycles. The summed E-state index contributed by atoms with van der Waals surface area (Å²) in [5.74, 6) is 0. The summed E-state index contributed by atoms with van der Waals surface area (Å²) in [5.41, 5.74) is 0. The second-order valence-electron chi connectivity index (χ2n) is 0.260. The average molecular weight is 188 g/mol. The Hall–Kier alpha value is 0.650. The summed E-state index contributed by atoms with van der Waals surface area (Å²) >= 11 is 0. The summed E-state index contributed by atoms with van der Waals surface area (Å²) in [6, 6.07) is 0. The van der Waals surface area contributed by atoms with E-state index in [1.165, 1.54) is 0 Å². The topological polar surface area (TPSA) is 60.2 Å². The fraction of sp³-hybridized carbons (Fsp3) is 0. The molecule has 0 rings (SSSR count). The molecule has 5 heteroatoms. The predicted octanol–water partition coefficient (Wildman–Crippen LogP) is -0.833. The predicted molar refractivity (Wildman–Crippen MR) is 12.9 cm³/mol. The fourth-order valence-corrected chi connectivity index (χ4v) is 0. The number of hydrogen-bond acceptors (Lipinski definition) is 3. The van der Waals surface area contributed by atoms with Gasteiger partial charge >= 0.3 is 22.4 Å². The Labute approximate surface area is 47.1 Å². The Balaban J connectivity index is 0. The molecule has 0 aromatic heterocycles. The van der Waals surface area contributed by atoms with Gasteiger partial charge in [-0.1, -0.05) is 0 Å². The summed E-state index contributed by atoms with van der Waals surface area (Å²) in [7, 11) is -2.36. The molecule has 0 aliphatic carbocycles. The van der Waals surface area contributed by atoms with Crippen LogP contribution in [-0.4, -0.2) is 0 Å². The van der Waals surface area contributed by atoms with Gasteiger partial charge in [-0.2, -0.15) is 0 Å². The smallest absolute Gasteiger partial charge is 0.409 e. The third kappa shape index (κ3) is 77.2. The maximum Gasteiger partial charge on any atom is 1.00 e. The van der Waals surface area contributed by atoms with Crippen LogP contribution < -0.4 is 5.14 Å². The van der Waals surface area contributed by atoms with Gasteiger partial charge < -0.3 is 13.6 Å². The molecular formula is H2AgNO2S. The first-order chi connectivity index (χ1) is 1.73. The van der Waals surface area contributed by atoms with E-state index in [-0.39, 0.29) is 22.4 Å². The van der Waals surface area contributed by atoms with Crippen LogP contribution >= 0.6 is 0 Å². The van der Waals surface area contributed by atoms with Crippen molar-refractivity contribution in [2.24, 2.45) is 5.14 Å². The SMILES string of the molecule is N[S-](=O)=O.[Ag+]. The van der Waals surface area contributed by atoms with Crippen molar-refractivity contribution in [3.63, 3.8) is 0 Å². The third-order valence-electron chi connectivity index (χ3n) is 0. The first kappa shape index (κ1) is 9.17. The van der Waals surface area contributed by atoms with E-state index in [2.05, 4.69) is 5.14 Å². The van der Waals surface area contributed by atoms with Crippen LogP contribution in [0.2, 0.25) is 0 Å². The van der Waals surface area contributed by atoms with Crippen LogP contribution in [0.3, 0.4) is 0 Å². The van der Waals surface area contributed by atoms with Gasteiger partial charge in [0, 0.05) is 0 Å². The van der Waals surface area contributed by atoms with Gasteiger partial charge in [0.15, 0.2) is 0 Å². The zero-order valence-electron chi connectivity index (χ0n) is 2.10. The zero-order chi connectivity index (χ0) is 3.58. The van der Waals surface area contributed by atoms with Crippen molar-refractivity contribution in [3.05, 3.63) is 0 Å². The number of rotatable bonds is 0. The van der Waals surface area contributed by atoms with Crippen molar-refractivity contribution in [3.8, 4) is 0 Å². The van der Waals surface area contributed by atoms with Crippen molar-refractivity contribution in [2.75, 3.05) is 0 Å². The van der Waals surface area contributed by atoms with Crippen LogP contribution in [0.4, 0.5) is 0 Å². The van der Waals surface area contributed by atoms with Crippen LogP contribution in [-0.2, 0) is 41.7 Å². The molecule has 5 heavy (non-hydrogen) atoms. The van der Waals surface area contributed by atoms with Crippen molar-refractivity contribution in [1.82, 2.24) is 0 Å². The van der Waals surface area contributed by atoms with Gasteiger partial charge in [0.1, 0.15) is 0 Å². The van der Waals surface area contributed by atoms with Crippen LogP contribution in [0.5, 0.6) is 0 Å². The van der Waals surface area contributed by atoms with Crippen LogP contribution in [0, 0.1) is 0 Å². The van der Waals surface area contributed by atoms with E-state index in [0.29, 0.717) is 0 Å². The number of nitrogens with two attached hydrogens (primary N) is 1. The molecule has 0 aromatic rings. The molecule has 0 unspecified atom stereocenters. The largest absolute Gasteiger partial charge is 1.00 e. The average Bonchev–Trinajstić information content (AvgIpc) is 0.811. The normalized spacial score (nSPS) is 6.80. The summed E-state index contributed by atoms with van der Waals surface area (Å²) in [4.78, 5) is 0. The summed E-state index contributed by atoms with van der Waals surface area (Å²) in [6.45, 7) is 0. The van der Waals surface area contributed by atoms with Gasteiger partial charge in [-0.15, -0.1) is 0 Å². The molecule has 0 aliphatic heterocycles. The Morgan fingerprint density at radius 2 is 1.40 bits per heavy atom. The fourth-order valence-electron chi connectivity index (χ4n) is 0. The molecule has 0 heterocycles. The monoisotopic (exact) mass is 187 g/mol. The van der Waals surface area contributed by atoms with E-state index in [1.54, 1.807) is 0 Å². The summed E-state index contributed by atoms with van der Waals surface area (Å²) in [6.07, 6.45) is 0. The molecular weight excluding hydrogens is 186 g/mol. The van der Waals surface area contributed by atoms with E-state index in [1.807, 2.05) is 0 Å². The van der Waals surface area contributed by atoms with Gasteiger partial charge in [-0.3, -0.25) is 0 Å². The summed E-state index contributed by atoms with van der Waals surface area (Å²) < 4.78 is 17.6. The van der Waals surface area contributed by atoms with Crippen molar-refractivity contribution < 1.29 is 30.8 Å². The third-order valence-corrected chi connectivity index (χ3v) is 0. The molecule has 3 nitrogen and oxygen atoms in total. The van der Waals surface area contributed by atoms with E-state index in [0.717, 1.165) is 0 Å². The first-order valence-electron chi connectivity index (χ1n) is 0.569. The summed E-state index contributed by atoms with van der Waals surface area (Å²) in [5, 5.41) is 4.03. The van der Waals surface area contributed by atoms with Gasteiger partial charge in [0.05, 0.1) is 0 Å². The van der Waals surface area contributed by atoms with Gasteiger partial charge in [0.25, 0.3) is 0 Å². The molecule has 0 fully saturated rings. The van der Waals surface area contributed by atoms with E-state index < -0.39 is 10.9 Å². The first-order valence-corrected chi connectivity index (χ1v) is 1.71. The van der Waals surface area contributed by atoms with Crippen molar-refractivity contribution in [2.45, 2.75) is 0 Å². The van der Waals surface area contributed by atoms with Gasteiger partial charge in [-0.25, -0.2) is 0 Å². The van der Waals surface area contributed by atoms with E-state index in [9.17, 15) is 0 Å². The Bertz CT molecular complexity index is 58.0. The minimum absolute atomic E-state index is 0. The maximum absolute atomic E-state index is 8.78. The van der Waals surface area contributed by atoms with Crippen LogP contribution in [0.15, 0.2) is 0 Å². The zero-order valence-corrected chi connectivity index (χ0v) is 4.40. The molecule has 36 valence electrons. The minimum Gasteiger partial charge on any atom is -0.409 e. The molecule has 0 saturated carbocycles. The van der Waals surface area contributed by atoms with E-state index in [4.69, 9.17) is 8.42 Å². The molecule has 2 N–H and O–H groups in total.